The van der Waals surface area contributed by atoms with Crippen LogP contribution in [0.5, 0.6) is 5.75 Å². The van der Waals surface area contributed by atoms with E-state index < -0.39 is 23.7 Å². The number of amides is 3. The summed E-state index contributed by atoms with van der Waals surface area (Å²) in [5, 5.41) is 0. The molecule has 6 rings (SSSR count). The third-order valence-corrected chi connectivity index (χ3v) is 10.6. The molecule has 2 heterocycles. The van der Waals surface area contributed by atoms with E-state index in [2.05, 4.69) is 21.9 Å². The van der Waals surface area contributed by atoms with Crippen molar-refractivity contribution in [1.82, 2.24) is 19.6 Å². The highest BCUT2D eigenvalue weighted by molar-refractivity contribution is 5.96. The van der Waals surface area contributed by atoms with Gasteiger partial charge in [0.15, 0.2) is 0 Å². The van der Waals surface area contributed by atoms with Crippen LogP contribution in [0.25, 0.3) is 6.08 Å². The van der Waals surface area contributed by atoms with E-state index in [4.69, 9.17) is 4.74 Å². The van der Waals surface area contributed by atoms with Gasteiger partial charge in [-0.25, -0.2) is 0 Å². The summed E-state index contributed by atoms with van der Waals surface area (Å²) in [7, 11) is 0. The van der Waals surface area contributed by atoms with Crippen molar-refractivity contribution in [3.63, 3.8) is 0 Å². The van der Waals surface area contributed by atoms with E-state index in [1.165, 1.54) is 24.3 Å². The number of rotatable bonds is 13. The van der Waals surface area contributed by atoms with E-state index in [9.17, 15) is 27.6 Å². The molecular weight excluding hydrogens is 744 g/mol. The number of halogens is 3. The van der Waals surface area contributed by atoms with Crippen LogP contribution >= 0.6 is 0 Å². The first-order valence-corrected chi connectivity index (χ1v) is 19.9. The molecule has 2 fully saturated rings. The number of hydrogen-bond donors (Lipinski definition) is 0. The van der Waals surface area contributed by atoms with E-state index in [-0.39, 0.29) is 30.9 Å². The molecule has 0 N–H and O–H groups in total. The van der Waals surface area contributed by atoms with Gasteiger partial charge in [-0.15, -0.1) is 0 Å². The normalized spacial score (nSPS) is 15.8. The van der Waals surface area contributed by atoms with Gasteiger partial charge in [0, 0.05) is 90.6 Å². The second-order valence-electron chi connectivity index (χ2n) is 15.2. The first kappa shape index (κ1) is 42.0. The molecule has 12 heteroatoms. The molecule has 2 saturated heterocycles. The molecule has 2 aliphatic rings. The standard InChI is InChI=1S/C46H52F3N5O4/c1-34(2)58-42-20-13-38(14-21-42)32-50-23-25-53(26-24-50)45(57)43(31-37-7-5-4-6-8-37)54(44(56)22-15-36-9-16-40(17-10-36)46(47,48)49)33-39-11-18-41(19-12-39)52-29-27-51(28-30-52)35(3)55/h4-22,34,43H,23-33H2,1-3H3. The molecule has 9 nitrogen and oxygen atoms in total. The van der Waals surface area contributed by atoms with E-state index in [1.54, 1.807) is 11.8 Å². The lowest BCUT2D eigenvalue weighted by Gasteiger charge is -2.39. The van der Waals surface area contributed by atoms with Gasteiger partial charge < -0.3 is 24.3 Å². The van der Waals surface area contributed by atoms with Crippen molar-refractivity contribution in [3.8, 4) is 5.75 Å². The smallest absolute Gasteiger partial charge is 0.416 e. The minimum absolute atomic E-state index is 0.0623. The Morgan fingerprint density at radius 1 is 0.724 bits per heavy atom. The van der Waals surface area contributed by atoms with Crippen molar-refractivity contribution in [2.24, 2.45) is 0 Å². The number of piperazine rings is 2. The Bertz CT molecular complexity index is 1990. The predicted molar refractivity (Wildman–Crippen MR) is 220 cm³/mol. The van der Waals surface area contributed by atoms with Gasteiger partial charge in [-0.2, -0.15) is 13.2 Å². The molecule has 3 amide bonds. The molecular formula is C46H52F3N5O4. The Kier molecular flexibility index (Phi) is 13.9. The predicted octanol–water partition coefficient (Wildman–Crippen LogP) is 7.16. The fourth-order valence-corrected chi connectivity index (χ4v) is 7.39. The number of ether oxygens (including phenoxy) is 1. The molecule has 0 radical (unpaired) electrons. The van der Waals surface area contributed by atoms with E-state index in [0.717, 1.165) is 46.8 Å². The Hall–Kier alpha value is -5.62. The highest BCUT2D eigenvalue weighted by Crippen LogP contribution is 2.29. The maximum atomic E-state index is 14.7. The van der Waals surface area contributed by atoms with Crippen LogP contribution in [0, 0.1) is 0 Å². The van der Waals surface area contributed by atoms with E-state index in [1.807, 2.05) is 90.4 Å². The summed E-state index contributed by atoms with van der Waals surface area (Å²) in [5.41, 5.74) is 3.53. The van der Waals surface area contributed by atoms with Crippen LogP contribution in [0.15, 0.2) is 109 Å². The van der Waals surface area contributed by atoms with Gasteiger partial charge in [-0.05, 0) is 78.6 Å². The average Bonchev–Trinajstić information content (AvgIpc) is 3.22. The van der Waals surface area contributed by atoms with Gasteiger partial charge in [0.2, 0.25) is 17.7 Å². The molecule has 0 bridgehead atoms. The van der Waals surface area contributed by atoms with Crippen LogP contribution in [-0.4, -0.2) is 102 Å². The van der Waals surface area contributed by atoms with Crippen LogP contribution in [0.4, 0.5) is 18.9 Å². The zero-order valence-corrected chi connectivity index (χ0v) is 33.4. The summed E-state index contributed by atoms with van der Waals surface area (Å²) in [6.07, 6.45) is -1.27. The van der Waals surface area contributed by atoms with Gasteiger partial charge in [0.25, 0.3) is 0 Å². The molecule has 0 saturated carbocycles. The Morgan fingerprint density at radius 2 is 1.33 bits per heavy atom. The molecule has 0 spiro atoms. The van der Waals surface area contributed by atoms with Crippen molar-refractivity contribution < 1.29 is 32.3 Å². The van der Waals surface area contributed by atoms with Gasteiger partial charge >= 0.3 is 6.18 Å². The monoisotopic (exact) mass is 795 g/mol. The SMILES string of the molecule is CC(=O)N1CCN(c2ccc(CN(C(=O)C=Cc3ccc(C(F)(F)F)cc3)C(Cc3ccccc3)C(=O)N3CCN(Cc4ccc(OC(C)C)cc4)CC3)cc2)CC1. The highest BCUT2D eigenvalue weighted by Gasteiger charge is 2.34. The molecule has 58 heavy (non-hydrogen) atoms. The largest absolute Gasteiger partial charge is 0.491 e. The summed E-state index contributed by atoms with van der Waals surface area (Å²) in [6, 6.07) is 29.4. The highest BCUT2D eigenvalue weighted by atomic mass is 19.4. The second-order valence-corrected chi connectivity index (χ2v) is 15.2. The van der Waals surface area contributed by atoms with Gasteiger partial charge in [0.1, 0.15) is 11.8 Å². The molecule has 1 atom stereocenters. The average molecular weight is 796 g/mol. The van der Waals surface area contributed by atoms with Crippen molar-refractivity contribution in [2.75, 3.05) is 57.3 Å². The summed E-state index contributed by atoms with van der Waals surface area (Å²) in [6.45, 7) is 11.5. The number of alkyl halides is 3. The lowest BCUT2D eigenvalue weighted by atomic mass is 10.0. The first-order chi connectivity index (χ1) is 27.8. The maximum absolute atomic E-state index is 14.7. The summed E-state index contributed by atoms with van der Waals surface area (Å²) >= 11 is 0. The van der Waals surface area contributed by atoms with E-state index >= 15 is 0 Å². The third-order valence-electron chi connectivity index (χ3n) is 10.6. The molecule has 0 aliphatic carbocycles. The minimum atomic E-state index is -4.47. The van der Waals surface area contributed by atoms with Crippen molar-refractivity contribution in [1.29, 1.82) is 0 Å². The van der Waals surface area contributed by atoms with Crippen LogP contribution in [-0.2, 0) is 40.1 Å². The van der Waals surface area contributed by atoms with E-state index in [0.29, 0.717) is 57.9 Å². The molecule has 306 valence electrons. The maximum Gasteiger partial charge on any atom is 0.416 e. The summed E-state index contributed by atoms with van der Waals surface area (Å²) in [4.78, 5) is 50.7. The lowest BCUT2D eigenvalue weighted by Crippen LogP contribution is -2.56. The van der Waals surface area contributed by atoms with Crippen molar-refractivity contribution >= 4 is 29.5 Å². The van der Waals surface area contributed by atoms with Crippen LogP contribution in [0.2, 0.25) is 0 Å². The Morgan fingerprint density at radius 3 is 1.91 bits per heavy atom. The Balaban J connectivity index is 1.23. The number of benzene rings is 4. The number of anilines is 1. The van der Waals surface area contributed by atoms with Crippen LogP contribution < -0.4 is 9.64 Å². The van der Waals surface area contributed by atoms with Crippen LogP contribution in [0.3, 0.4) is 0 Å². The Labute approximate surface area is 339 Å². The topological polar surface area (TPSA) is 76.6 Å². The zero-order chi connectivity index (χ0) is 41.2. The molecule has 1 unspecified atom stereocenters. The summed E-state index contributed by atoms with van der Waals surface area (Å²) < 4.78 is 45.5. The van der Waals surface area contributed by atoms with Crippen LogP contribution in [0.1, 0.15) is 48.6 Å². The van der Waals surface area contributed by atoms with Gasteiger partial charge in [0.05, 0.1) is 11.7 Å². The number of carbonyl (C=O) groups excluding carboxylic acids is 3. The van der Waals surface area contributed by atoms with Gasteiger partial charge in [-0.1, -0.05) is 66.7 Å². The third kappa shape index (κ3) is 11.5. The fourth-order valence-electron chi connectivity index (χ4n) is 7.39. The molecule has 0 aromatic heterocycles. The minimum Gasteiger partial charge on any atom is -0.491 e. The van der Waals surface area contributed by atoms with Gasteiger partial charge in [-0.3, -0.25) is 19.3 Å². The quantitative estimate of drug-likeness (QED) is 0.134. The fraction of sp³-hybridized carbons (Fsp3) is 0.370. The molecule has 2 aliphatic heterocycles. The number of nitrogens with zero attached hydrogens (tertiary/aromatic N) is 5. The lowest BCUT2D eigenvalue weighted by molar-refractivity contribution is -0.145. The van der Waals surface area contributed by atoms with Crippen molar-refractivity contribution in [2.45, 2.75) is 58.6 Å². The number of carbonyl (C=O) groups is 3. The molecule has 4 aromatic carbocycles. The summed E-state index contributed by atoms with van der Waals surface area (Å²) in [5.74, 6) is 0.302. The first-order valence-electron chi connectivity index (χ1n) is 19.9. The number of hydrogen-bond acceptors (Lipinski definition) is 6. The molecule has 4 aromatic rings. The van der Waals surface area contributed by atoms with Crippen molar-refractivity contribution in [3.05, 3.63) is 137 Å². The zero-order valence-electron chi connectivity index (χ0n) is 33.4. The second kappa shape index (κ2) is 19.2.